The van der Waals surface area contributed by atoms with E-state index in [1.165, 1.54) is 18.2 Å². The van der Waals surface area contributed by atoms with E-state index in [9.17, 15) is 4.79 Å². The zero-order chi connectivity index (χ0) is 14.4. The van der Waals surface area contributed by atoms with E-state index in [2.05, 4.69) is 23.4 Å². The van der Waals surface area contributed by atoms with Gasteiger partial charge in [-0.15, -0.1) is 11.3 Å². The Hall–Kier alpha value is -1.39. The summed E-state index contributed by atoms with van der Waals surface area (Å²) in [6.07, 6.45) is 4.55. The molecule has 2 aromatic rings. The van der Waals surface area contributed by atoms with Gasteiger partial charge >= 0.3 is 5.97 Å². The highest BCUT2D eigenvalue weighted by molar-refractivity contribution is 7.17. The molecule has 0 radical (unpaired) electrons. The van der Waals surface area contributed by atoms with E-state index >= 15 is 0 Å². The summed E-state index contributed by atoms with van der Waals surface area (Å²) in [4.78, 5) is 14.8. The molecule has 0 amide bonds. The quantitative estimate of drug-likeness (QED) is 0.792. The van der Waals surface area contributed by atoms with Crippen LogP contribution in [-0.4, -0.2) is 36.1 Å². The molecular formula is C17H19NO2S. The lowest BCUT2D eigenvalue weighted by Gasteiger charge is -2.35. The Morgan fingerprint density at radius 1 is 1.24 bits per heavy atom. The number of thiophene rings is 1. The Morgan fingerprint density at radius 2 is 2.00 bits per heavy atom. The van der Waals surface area contributed by atoms with E-state index in [4.69, 9.17) is 4.74 Å². The summed E-state index contributed by atoms with van der Waals surface area (Å²) < 4.78 is 6.92. The van der Waals surface area contributed by atoms with E-state index < -0.39 is 0 Å². The highest BCUT2D eigenvalue weighted by Crippen LogP contribution is 2.35. The molecule has 0 aliphatic carbocycles. The van der Waals surface area contributed by atoms with Crippen LogP contribution in [0.2, 0.25) is 0 Å². The van der Waals surface area contributed by atoms with Gasteiger partial charge in [0.25, 0.3) is 0 Å². The Labute approximate surface area is 128 Å². The molecule has 4 rings (SSSR count). The minimum atomic E-state index is -0.167. The molecule has 1 aromatic heterocycles. The first kappa shape index (κ1) is 13.3. The molecule has 2 aliphatic heterocycles. The molecule has 0 spiro atoms. The minimum absolute atomic E-state index is 0.0882. The first-order chi connectivity index (χ1) is 10.2. The lowest BCUT2D eigenvalue weighted by molar-refractivity contribution is -0.000431. The number of ether oxygens (including phenoxy) is 1. The summed E-state index contributed by atoms with van der Waals surface area (Å²) in [6, 6.07) is 9.10. The average molecular weight is 301 g/mol. The second-order valence-corrected chi connectivity index (χ2v) is 7.17. The van der Waals surface area contributed by atoms with Crippen molar-refractivity contribution in [1.82, 2.24) is 4.90 Å². The summed E-state index contributed by atoms with van der Waals surface area (Å²) in [5, 5.41) is 3.24. The van der Waals surface area contributed by atoms with Crippen LogP contribution in [0.5, 0.6) is 0 Å². The van der Waals surface area contributed by atoms with Crippen molar-refractivity contribution in [3.63, 3.8) is 0 Å². The molecule has 3 nitrogen and oxygen atoms in total. The largest absolute Gasteiger partial charge is 0.459 e. The summed E-state index contributed by atoms with van der Waals surface area (Å²) >= 11 is 1.66. The first-order valence-corrected chi connectivity index (χ1v) is 8.49. The first-order valence-electron chi connectivity index (χ1n) is 7.61. The van der Waals surface area contributed by atoms with Crippen molar-refractivity contribution >= 4 is 27.4 Å². The highest BCUT2D eigenvalue weighted by atomic mass is 32.1. The lowest BCUT2D eigenvalue weighted by Crippen LogP contribution is -2.43. The summed E-state index contributed by atoms with van der Waals surface area (Å²) in [6.45, 7) is 0. The van der Waals surface area contributed by atoms with Crippen molar-refractivity contribution in [2.45, 2.75) is 43.9 Å². The Morgan fingerprint density at radius 3 is 2.76 bits per heavy atom. The Kier molecular flexibility index (Phi) is 3.23. The Balaban J connectivity index is 1.48. The molecule has 2 bridgehead atoms. The second kappa shape index (κ2) is 5.11. The van der Waals surface area contributed by atoms with Crippen LogP contribution in [0.1, 0.15) is 36.0 Å². The number of benzene rings is 1. The molecule has 2 aliphatic rings. The maximum Gasteiger partial charge on any atom is 0.338 e. The molecule has 2 saturated heterocycles. The van der Waals surface area contributed by atoms with Gasteiger partial charge in [0.1, 0.15) is 6.10 Å². The number of fused-ring (bicyclic) bond motifs is 3. The summed E-state index contributed by atoms with van der Waals surface area (Å²) in [5.74, 6) is -0.167. The van der Waals surface area contributed by atoms with Gasteiger partial charge in [0.2, 0.25) is 0 Å². The van der Waals surface area contributed by atoms with Gasteiger partial charge in [0.05, 0.1) is 5.56 Å². The molecule has 1 aromatic carbocycles. The third-order valence-electron chi connectivity index (χ3n) is 5.02. The minimum Gasteiger partial charge on any atom is -0.459 e. The van der Waals surface area contributed by atoms with Crippen molar-refractivity contribution in [3.05, 3.63) is 35.2 Å². The molecule has 110 valence electrons. The van der Waals surface area contributed by atoms with Crippen LogP contribution in [0.15, 0.2) is 29.6 Å². The number of piperidine rings is 1. The van der Waals surface area contributed by atoms with E-state index in [0.29, 0.717) is 17.6 Å². The number of hydrogen-bond acceptors (Lipinski definition) is 4. The van der Waals surface area contributed by atoms with Gasteiger partial charge in [-0.1, -0.05) is 6.07 Å². The van der Waals surface area contributed by atoms with Gasteiger partial charge in [-0.2, -0.15) is 0 Å². The molecule has 0 unspecified atom stereocenters. The number of carbonyl (C=O) groups is 1. The van der Waals surface area contributed by atoms with Gasteiger partial charge < -0.3 is 9.64 Å². The molecular weight excluding hydrogens is 282 g/mol. The maximum absolute atomic E-state index is 12.4. The normalized spacial score (nSPS) is 28.9. The summed E-state index contributed by atoms with van der Waals surface area (Å²) in [7, 11) is 2.20. The van der Waals surface area contributed by atoms with Gasteiger partial charge in [0, 0.05) is 29.6 Å². The molecule has 0 N–H and O–H groups in total. The molecule has 4 heteroatoms. The van der Waals surface area contributed by atoms with Crippen LogP contribution in [0.3, 0.4) is 0 Å². The van der Waals surface area contributed by atoms with E-state index in [-0.39, 0.29) is 12.1 Å². The predicted octanol–water partition coefficient (Wildman–Crippen LogP) is 3.68. The molecule has 2 fully saturated rings. The molecule has 21 heavy (non-hydrogen) atoms. The van der Waals surface area contributed by atoms with E-state index in [1.807, 2.05) is 18.2 Å². The smallest absolute Gasteiger partial charge is 0.338 e. The lowest BCUT2D eigenvalue weighted by atomic mass is 10.0. The fourth-order valence-corrected chi connectivity index (χ4v) is 4.59. The van der Waals surface area contributed by atoms with Gasteiger partial charge in [-0.3, -0.25) is 0 Å². The topological polar surface area (TPSA) is 29.5 Å². The third-order valence-corrected chi connectivity index (χ3v) is 5.90. The Bertz CT molecular complexity index is 666. The number of hydrogen-bond donors (Lipinski definition) is 0. The third kappa shape index (κ3) is 2.36. The predicted molar refractivity (Wildman–Crippen MR) is 84.8 cm³/mol. The van der Waals surface area contributed by atoms with Crippen molar-refractivity contribution < 1.29 is 9.53 Å². The number of rotatable bonds is 2. The number of nitrogens with zero attached hydrogens (tertiary/aromatic N) is 1. The van der Waals surface area contributed by atoms with Crippen LogP contribution >= 0.6 is 11.3 Å². The highest BCUT2D eigenvalue weighted by Gasteiger charge is 2.39. The monoisotopic (exact) mass is 301 g/mol. The van der Waals surface area contributed by atoms with Crippen molar-refractivity contribution in [2.75, 3.05) is 7.05 Å². The van der Waals surface area contributed by atoms with Crippen LogP contribution < -0.4 is 0 Å². The zero-order valence-corrected chi connectivity index (χ0v) is 12.9. The van der Waals surface area contributed by atoms with Gasteiger partial charge in [0.15, 0.2) is 0 Å². The van der Waals surface area contributed by atoms with Crippen LogP contribution in [0.25, 0.3) is 10.1 Å². The standard InChI is InChI=1S/C17H19NO2S/c1-18-13-4-5-14(18)10-15(9-13)20-17(19)12-3-2-11-6-7-21-16(11)8-12/h2-3,6-8,13-15H,4-5,9-10H2,1H3/t13-,14+,15-. The van der Waals surface area contributed by atoms with Crippen molar-refractivity contribution in [1.29, 1.82) is 0 Å². The number of esters is 1. The van der Waals surface area contributed by atoms with Gasteiger partial charge in [-0.25, -0.2) is 4.79 Å². The van der Waals surface area contributed by atoms with Gasteiger partial charge in [-0.05, 0) is 48.9 Å². The fraction of sp³-hybridized carbons (Fsp3) is 0.471. The fourth-order valence-electron chi connectivity index (χ4n) is 3.76. The molecule has 3 heterocycles. The van der Waals surface area contributed by atoms with Crippen LogP contribution in [-0.2, 0) is 4.74 Å². The van der Waals surface area contributed by atoms with E-state index in [1.54, 1.807) is 11.3 Å². The van der Waals surface area contributed by atoms with E-state index in [0.717, 1.165) is 17.5 Å². The van der Waals surface area contributed by atoms with Crippen LogP contribution in [0.4, 0.5) is 0 Å². The summed E-state index contributed by atoms with van der Waals surface area (Å²) in [5.41, 5.74) is 0.677. The van der Waals surface area contributed by atoms with Crippen molar-refractivity contribution in [2.24, 2.45) is 0 Å². The molecule has 0 saturated carbocycles. The SMILES string of the molecule is CN1[C@@H]2CC[C@H]1C[C@H](OC(=O)c1ccc3ccsc3c1)C2. The maximum atomic E-state index is 12.4. The zero-order valence-electron chi connectivity index (χ0n) is 12.1. The number of carbonyl (C=O) groups excluding carboxylic acids is 1. The van der Waals surface area contributed by atoms with Crippen molar-refractivity contribution in [3.8, 4) is 0 Å². The average Bonchev–Trinajstić information content (AvgIpc) is 3.01. The molecule has 3 atom stereocenters. The van der Waals surface area contributed by atoms with Crippen LogP contribution in [0, 0.1) is 0 Å². The second-order valence-electron chi connectivity index (χ2n) is 6.22.